The van der Waals surface area contributed by atoms with Crippen LogP contribution >= 0.6 is 22.9 Å². The molecule has 2 fully saturated rings. The molecule has 0 radical (unpaired) electrons. The van der Waals surface area contributed by atoms with E-state index in [9.17, 15) is 14.4 Å². The number of hydrogen-bond donors (Lipinski definition) is 1. The van der Waals surface area contributed by atoms with Gasteiger partial charge in [-0.1, -0.05) is 11.6 Å². The summed E-state index contributed by atoms with van der Waals surface area (Å²) < 4.78 is 11.9. The summed E-state index contributed by atoms with van der Waals surface area (Å²) in [6.45, 7) is 8.89. The number of anilines is 1. The Hall–Kier alpha value is -2.62. The van der Waals surface area contributed by atoms with Gasteiger partial charge in [0.2, 0.25) is 0 Å². The SMILES string of the molecule is C[C@@H]1CCC[N+]1(C(=O)OC(C)(C)C)c1ccc(N2CC(CNC(=O)c3ccc(Cl)s3)OC2=O)cc1. The Labute approximate surface area is 214 Å². The zero-order chi connectivity index (χ0) is 25.4. The number of carbonyl (C=O) groups excluding carboxylic acids is 3. The maximum Gasteiger partial charge on any atom is 0.521 e. The Morgan fingerprint density at radius 3 is 2.51 bits per heavy atom. The van der Waals surface area contributed by atoms with Gasteiger partial charge >= 0.3 is 12.2 Å². The van der Waals surface area contributed by atoms with Crippen LogP contribution in [-0.2, 0) is 9.47 Å². The number of benzene rings is 1. The number of likely N-dealkylation sites (tertiary alicyclic amines) is 1. The monoisotopic (exact) mass is 520 g/mol. The van der Waals surface area contributed by atoms with Gasteiger partial charge in [0.15, 0.2) is 0 Å². The molecular weight excluding hydrogens is 490 g/mol. The normalized spacial score (nSPS) is 24.4. The fraction of sp³-hybridized carbons (Fsp3) is 0.480. The molecule has 10 heteroatoms. The van der Waals surface area contributed by atoms with E-state index in [2.05, 4.69) is 12.2 Å². The van der Waals surface area contributed by atoms with Crippen molar-refractivity contribution in [3.05, 3.63) is 45.6 Å². The van der Waals surface area contributed by atoms with E-state index in [1.54, 1.807) is 12.1 Å². The van der Waals surface area contributed by atoms with Gasteiger partial charge in [0.05, 0.1) is 28.8 Å². The zero-order valence-electron chi connectivity index (χ0n) is 20.4. The first-order valence-electron chi connectivity index (χ1n) is 11.7. The summed E-state index contributed by atoms with van der Waals surface area (Å²) in [6, 6.07) is 10.9. The van der Waals surface area contributed by atoms with E-state index in [1.807, 2.05) is 45.0 Å². The lowest BCUT2D eigenvalue weighted by molar-refractivity contribution is 0.0251. The molecule has 0 saturated carbocycles. The predicted octanol–water partition coefficient (Wildman–Crippen LogP) is 5.58. The molecule has 188 valence electrons. The van der Waals surface area contributed by atoms with Crippen molar-refractivity contribution in [3.8, 4) is 0 Å². The Balaban J connectivity index is 1.44. The molecule has 2 aromatic rings. The van der Waals surface area contributed by atoms with Crippen molar-refractivity contribution < 1.29 is 23.9 Å². The number of thiophene rings is 1. The third-order valence-corrected chi connectivity index (χ3v) is 7.62. The zero-order valence-corrected chi connectivity index (χ0v) is 21.9. The molecule has 3 amide bonds. The number of cyclic esters (lactones) is 1. The summed E-state index contributed by atoms with van der Waals surface area (Å²) in [5.41, 5.74) is 0.940. The van der Waals surface area contributed by atoms with Crippen LogP contribution in [0.2, 0.25) is 4.34 Å². The average Bonchev–Trinajstić information content (AvgIpc) is 3.50. The van der Waals surface area contributed by atoms with E-state index in [4.69, 9.17) is 21.1 Å². The molecule has 1 aromatic heterocycles. The second-order valence-electron chi connectivity index (χ2n) is 10.0. The molecule has 2 aliphatic heterocycles. The van der Waals surface area contributed by atoms with E-state index >= 15 is 0 Å². The Morgan fingerprint density at radius 1 is 1.23 bits per heavy atom. The minimum atomic E-state index is -0.579. The first kappa shape index (κ1) is 25.5. The molecule has 1 aromatic carbocycles. The van der Waals surface area contributed by atoms with E-state index in [-0.39, 0.29) is 29.1 Å². The van der Waals surface area contributed by atoms with Gasteiger partial charge < -0.3 is 14.8 Å². The summed E-state index contributed by atoms with van der Waals surface area (Å²) in [6.07, 6.45) is 0.677. The number of halogens is 1. The van der Waals surface area contributed by atoms with Crippen molar-refractivity contribution in [2.45, 2.75) is 58.3 Å². The lowest BCUT2D eigenvalue weighted by Gasteiger charge is -2.36. The lowest BCUT2D eigenvalue weighted by Crippen LogP contribution is -2.58. The minimum Gasteiger partial charge on any atom is -0.442 e. The molecular formula is C25H31ClN3O5S+. The van der Waals surface area contributed by atoms with Gasteiger partial charge in [0, 0.05) is 30.7 Å². The van der Waals surface area contributed by atoms with Crippen LogP contribution < -0.4 is 14.7 Å². The van der Waals surface area contributed by atoms with Gasteiger partial charge in [-0.25, -0.2) is 4.79 Å². The summed E-state index contributed by atoms with van der Waals surface area (Å²) in [5, 5.41) is 2.79. The molecule has 0 bridgehead atoms. The van der Waals surface area contributed by atoms with Gasteiger partial charge in [-0.15, -0.1) is 11.3 Å². The van der Waals surface area contributed by atoms with Crippen molar-refractivity contribution in [2.75, 3.05) is 24.5 Å². The molecule has 3 heterocycles. The lowest BCUT2D eigenvalue weighted by atomic mass is 10.1. The number of nitrogens with one attached hydrogen (secondary N) is 1. The van der Waals surface area contributed by atoms with Gasteiger partial charge in [0.1, 0.15) is 23.4 Å². The van der Waals surface area contributed by atoms with E-state index in [0.29, 0.717) is 28.0 Å². The van der Waals surface area contributed by atoms with Crippen molar-refractivity contribution in [1.29, 1.82) is 0 Å². The number of hydrogen-bond acceptors (Lipinski definition) is 6. The highest BCUT2D eigenvalue weighted by Gasteiger charge is 2.50. The van der Waals surface area contributed by atoms with Crippen molar-refractivity contribution >= 4 is 52.4 Å². The van der Waals surface area contributed by atoms with Crippen molar-refractivity contribution in [2.24, 2.45) is 0 Å². The van der Waals surface area contributed by atoms with Crippen LogP contribution in [0.3, 0.4) is 0 Å². The Morgan fingerprint density at radius 2 is 1.94 bits per heavy atom. The van der Waals surface area contributed by atoms with Crippen LogP contribution in [0.4, 0.5) is 21.0 Å². The first-order chi connectivity index (χ1) is 16.5. The van der Waals surface area contributed by atoms with E-state index in [0.717, 1.165) is 18.5 Å². The number of ether oxygens (including phenoxy) is 2. The van der Waals surface area contributed by atoms with Crippen molar-refractivity contribution in [1.82, 2.24) is 9.80 Å². The topological polar surface area (TPSA) is 84.9 Å². The average molecular weight is 521 g/mol. The standard InChI is InChI=1S/C25H30ClN3O5S/c1-16-6-5-13-29(16,24(32)34-25(2,3)4)18-9-7-17(8-10-18)28-15-19(33-23(28)31)14-27-22(30)20-11-12-21(26)35-20/h7-12,16,19H,5-6,13-15H2,1-4H3/p+1/t16-,19?,29?/m1/s1. The van der Waals surface area contributed by atoms with E-state index < -0.39 is 17.8 Å². The third-order valence-electron chi connectivity index (χ3n) is 6.39. The Kier molecular flexibility index (Phi) is 7.13. The van der Waals surface area contributed by atoms with Crippen LogP contribution in [0.5, 0.6) is 0 Å². The van der Waals surface area contributed by atoms with Crippen LogP contribution in [-0.4, -0.2) is 55.5 Å². The number of rotatable bonds is 5. The quantitative estimate of drug-likeness (QED) is 0.520. The molecule has 35 heavy (non-hydrogen) atoms. The highest BCUT2D eigenvalue weighted by Crippen LogP contribution is 2.38. The number of nitrogens with zero attached hydrogens (tertiary/aromatic N) is 2. The minimum absolute atomic E-state index is 0.0960. The molecule has 3 atom stereocenters. The predicted molar refractivity (Wildman–Crippen MR) is 137 cm³/mol. The summed E-state index contributed by atoms with van der Waals surface area (Å²) >= 11 is 7.08. The molecule has 2 unspecified atom stereocenters. The van der Waals surface area contributed by atoms with Crippen molar-refractivity contribution in [3.63, 3.8) is 0 Å². The number of quaternary nitrogens is 1. The number of amides is 3. The van der Waals surface area contributed by atoms with Gasteiger partial charge in [-0.2, -0.15) is 9.28 Å². The molecule has 4 rings (SSSR count). The van der Waals surface area contributed by atoms with Crippen LogP contribution in [0, 0.1) is 0 Å². The maximum atomic E-state index is 13.3. The molecule has 0 spiro atoms. The molecule has 1 N–H and O–H groups in total. The van der Waals surface area contributed by atoms with E-state index in [1.165, 1.54) is 16.2 Å². The largest absolute Gasteiger partial charge is 0.521 e. The van der Waals surface area contributed by atoms with Crippen LogP contribution in [0.15, 0.2) is 36.4 Å². The fourth-order valence-corrected chi connectivity index (χ4v) is 5.61. The summed E-state index contributed by atoms with van der Waals surface area (Å²) in [7, 11) is 0. The smallest absolute Gasteiger partial charge is 0.442 e. The first-order valence-corrected chi connectivity index (χ1v) is 12.9. The van der Waals surface area contributed by atoms with Gasteiger partial charge in [-0.3, -0.25) is 9.69 Å². The highest BCUT2D eigenvalue weighted by molar-refractivity contribution is 7.18. The van der Waals surface area contributed by atoms with Gasteiger partial charge in [0.25, 0.3) is 5.91 Å². The number of carbonyl (C=O) groups is 3. The molecule has 0 aliphatic carbocycles. The van der Waals surface area contributed by atoms with Crippen LogP contribution in [0.1, 0.15) is 50.2 Å². The van der Waals surface area contributed by atoms with Crippen LogP contribution in [0.25, 0.3) is 0 Å². The highest BCUT2D eigenvalue weighted by atomic mass is 35.5. The maximum absolute atomic E-state index is 13.3. The molecule has 2 saturated heterocycles. The molecule has 8 nitrogen and oxygen atoms in total. The molecule has 2 aliphatic rings. The summed E-state index contributed by atoms with van der Waals surface area (Å²) in [5.74, 6) is -0.253. The second kappa shape index (κ2) is 9.79. The van der Waals surface area contributed by atoms with Gasteiger partial charge in [-0.05, 0) is 52.0 Å². The fourth-order valence-electron chi connectivity index (χ4n) is 4.65. The second-order valence-corrected chi connectivity index (χ2v) is 11.7. The third kappa shape index (κ3) is 5.32. The summed E-state index contributed by atoms with van der Waals surface area (Å²) in [4.78, 5) is 40.1. The Bertz CT molecular complexity index is 1110.